The number of hydrogen-bond acceptors (Lipinski definition) is 6. The maximum atomic E-state index is 13.2. The predicted octanol–water partition coefficient (Wildman–Crippen LogP) is 1.86. The number of pyridine rings is 1. The van der Waals surface area contributed by atoms with E-state index in [0.717, 1.165) is 10.6 Å². The van der Waals surface area contributed by atoms with Crippen LogP contribution in [0.2, 0.25) is 0 Å². The van der Waals surface area contributed by atoms with E-state index < -0.39 is 27.7 Å². The van der Waals surface area contributed by atoms with Crippen LogP contribution in [0.15, 0.2) is 34.7 Å². The van der Waals surface area contributed by atoms with Gasteiger partial charge in [-0.25, -0.2) is 12.8 Å². The van der Waals surface area contributed by atoms with Crippen molar-refractivity contribution < 1.29 is 26.8 Å². The molecule has 0 atom stereocenters. The Labute approximate surface area is 184 Å². The van der Waals surface area contributed by atoms with Gasteiger partial charge in [0.05, 0.1) is 17.2 Å². The van der Waals surface area contributed by atoms with Crippen molar-refractivity contribution in [2.45, 2.75) is 25.7 Å². The highest BCUT2D eigenvalue weighted by Crippen LogP contribution is 2.32. The average molecular weight is 463 g/mol. The number of aryl methyl sites for hydroxylation is 1. The Morgan fingerprint density at radius 1 is 1.19 bits per heavy atom. The monoisotopic (exact) mass is 462 g/mol. The molecule has 32 heavy (non-hydrogen) atoms. The molecular weight excluding hydrogens is 439 g/mol. The van der Waals surface area contributed by atoms with Crippen LogP contribution in [0.1, 0.15) is 40.1 Å². The molecule has 0 spiro atoms. The molecule has 0 aliphatic rings. The van der Waals surface area contributed by atoms with Crippen LogP contribution in [-0.2, 0) is 27.7 Å². The number of nitrogens with two attached hydrogens (primary N) is 2. The third-order valence-electron chi connectivity index (χ3n) is 5.00. The summed E-state index contributed by atoms with van der Waals surface area (Å²) in [4.78, 5) is 27.7. The summed E-state index contributed by atoms with van der Waals surface area (Å²) >= 11 is 0. The Hall–Kier alpha value is -3.47. The standard InChI is InChI=1S/C21H23FN4O5S/c1-26(32(2,29)30)20-13(4-3-5-17(23)27)11-15-18(19(24)28)16(31-21(15)25-20)10-12-6-8-14(22)9-7-12/h6-9,11H,3-5,10H2,1-2H3,(H2,23,27)(H2,24,28). The number of aromatic nitrogens is 1. The number of rotatable bonds is 9. The zero-order valence-electron chi connectivity index (χ0n) is 17.6. The van der Waals surface area contributed by atoms with E-state index in [0.29, 0.717) is 22.9 Å². The van der Waals surface area contributed by atoms with Gasteiger partial charge in [-0.3, -0.25) is 13.9 Å². The Bertz CT molecular complexity index is 1290. The zero-order chi connectivity index (χ0) is 23.6. The van der Waals surface area contributed by atoms with Gasteiger partial charge in [-0.05, 0) is 42.2 Å². The number of halogens is 1. The Morgan fingerprint density at radius 3 is 2.41 bits per heavy atom. The van der Waals surface area contributed by atoms with Gasteiger partial charge in [-0.1, -0.05) is 12.1 Å². The van der Waals surface area contributed by atoms with Gasteiger partial charge in [0.2, 0.25) is 21.6 Å². The summed E-state index contributed by atoms with van der Waals surface area (Å²) in [6, 6.07) is 7.28. The van der Waals surface area contributed by atoms with Gasteiger partial charge in [0.15, 0.2) is 0 Å². The van der Waals surface area contributed by atoms with Gasteiger partial charge < -0.3 is 15.9 Å². The van der Waals surface area contributed by atoms with Gasteiger partial charge in [-0.2, -0.15) is 4.98 Å². The molecule has 9 nitrogen and oxygen atoms in total. The maximum Gasteiger partial charge on any atom is 0.252 e. The number of furan rings is 1. The Kier molecular flexibility index (Phi) is 6.49. The number of carbonyl (C=O) groups excluding carboxylic acids is 2. The van der Waals surface area contributed by atoms with Crippen molar-refractivity contribution in [3.63, 3.8) is 0 Å². The van der Waals surface area contributed by atoms with Crippen LogP contribution in [0.4, 0.5) is 10.2 Å². The van der Waals surface area contributed by atoms with Crippen LogP contribution in [0.3, 0.4) is 0 Å². The minimum atomic E-state index is -3.65. The van der Waals surface area contributed by atoms with E-state index in [9.17, 15) is 22.4 Å². The molecule has 4 N–H and O–H groups in total. The number of nitrogens with zero attached hydrogens (tertiary/aromatic N) is 2. The zero-order valence-corrected chi connectivity index (χ0v) is 18.4. The van der Waals surface area contributed by atoms with Gasteiger partial charge in [0.1, 0.15) is 17.4 Å². The fraction of sp³-hybridized carbons (Fsp3) is 0.286. The van der Waals surface area contributed by atoms with Crippen molar-refractivity contribution >= 4 is 38.8 Å². The molecule has 0 radical (unpaired) electrons. The van der Waals surface area contributed by atoms with Crippen molar-refractivity contribution in [1.82, 2.24) is 4.98 Å². The van der Waals surface area contributed by atoms with Crippen LogP contribution in [-0.4, -0.2) is 38.5 Å². The average Bonchev–Trinajstić information content (AvgIpc) is 3.04. The van der Waals surface area contributed by atoms with Gasteiger partial charge in [-0.15, -0.1) is 0 Å². The van der Waals surface area contributed by atoms with E-state index >= 15 is 0 Å². The van der Waals surface area contributed by atoms with Crippen molar-refractivity contribution in [3.05, 3.63) is 58.6 Å². The van der Waals surface area contributed by atoms with E-state index in [2.05, 4.69) is 4.98 Å². The highest BCUT2D eigenvalue weighted by Gasteiger charge is 2.25. The third kappa shape index (κ3) is 5.05. The fourth-order valence-electron chi connectivity index (χ4n) is 3.35. The molecule has 0 fully saturated rings. The molecule has 2 aromatic heterocycles. The molecule has 2 amide bonds. The summed E-state index contributed by atoms with van der Waals surface area (Å²) in [5.41, 5.74) is 12.1. The van der Waals surface area contributed by atoms with Crippen LogP contribution in [0, 0.1) is 5.82 Å². The first-order valence-corrected chi connectivity index (χ1v) is 11.5. The number of carbonyl (C=O) groups is 2. The first kappa shape index (κ1) is 23.2. The van der Waals surface area contributed by atoms with Crippen LogP contribution < -0.4 is 15.8 Å². The number of hydrogen-bond donors (Lipinski definition) is 2. The number of sulfonamides is 1. The minimum absolute atomic E-state index is 0.0417. The predicted molar refractivity (Wildman–Crippen MR) is 117 cm³/mol. The summed E-state index contributed by atoms with van der Waals surface area (Å²) in [6.45, 7) is 0. The lowest BCUT2D eigenvalue weighted by molar-refractivity contribution is -0.118. The first-order chi connectivity index (χ1) is 15.0. The molecule has 1 aromatic carbocycles. The molecule has 0 bridgehead atoms. The second kappa shape index (κ2) is 8.95. The lowest BCUT2D eigenvalue weighted by atomic mass is 10.0. The van der Waals surface area contributed by atoms with Crippen molar-refractivity contribution in [2.75, 3.05) is 17.6 Å². The summed E-state index contributed by atoms with van der Waals surface area (Å²) in [5.74, 6) is -1.28. The maximum absolute atomic E-state index is 13.2. The molecule has 170 valence electrons. The topological polar surface area (TPSA) is 150 Å². The van der Waals surface area contributed by atoms with Crippen LogP contribution in [0.25, 0.3) is 11.1 Å². The number of amides is 2. The Morgan fingerprint density at radius 2 is 1.84 bits per heavy atom. The fourth-order valence-corrected chi connectivity index (χ4v) is 3.82. The van der Waals surface area contributed by atoms with Crippen LogP contribution in [0.5, 0.6) is 0 Å². The van der Waals surface area contributed by atoms with E-state index in [1.165, 1.54) is 19.2 Å². The summed E-state index contributed by atoms with van der Waals surface area (Å²) in [7, 11) is -2.30. The quantitative estimate of drug-likeness (QED) is 0.496. The third-order valence-corrected chi connectivity index (χ3v) is 6.17. The molecule has 0 aliphatic heterocycles. The number of benzene rings is 1. The molecular formula is C21H23FN4O5S. The summed E-state index contributed by atoms with van der Waals surface area (Å²) < 4.78 is 44.3. The van der Waals surface area contributed by atoms with E-state index in [1.807, 2.05) is 0 Å². The number of fused-ring (bicyclic) bond motifs is 1. The lowest BCUT2D eigenvalue weighted by Crippen LogP contribution is -2.27. The van der Waals surface area contributed by atoms with Gasteiger partial charge in [0, 0.05) is 19.9 Å². The lowest BCUT2D eigenvalue weighted by Gasteiger charge is -2.19. The van der Waals surface area contributed by atoms with Crippen molar-refractivity contribution in [3.8, 4) is 0 Å². The smallest absolute Gasteiger partial charge is 0.252 e. The van der Waals surface area contributed by atoms with E-state index in [1.54, 1.807) is 18.2 Å². The van der Waals surface area contributed by atoms with Gasteiger partial charge in [0.25, 0.3) is 5.91 Å². The molecule has 3 aromatic rings. The van der Waals surface area contributed by atoms with Crippen molar-refractivity contribution in [1.29, 1.82) is 0 Å². The van der Waals surface area contributed by atoms with Gasteiger partial charge >= 0.3 is 0 Å². The molecule has 2 heterocycles. The molecule has 0 unspecified atom stereocenters. The Balaban J connectivity index is 2.15. The second-order valence-electron chi connectivity index (χ2n) is 7.44. The second-order valence-corrected chi connectivity index (χ2v) is 9.46. The highest BCUT2D eigenvalue weighted by molar-refractivity contribution is 7.92. The highest BCUT2D eigenvalue weighted by atomic mass is 32.2. The normalized spacial score (nSPS) is 11.6. The minimum Gasteiger partial charge on any atom is -0.441 e. The van der Waals surface area contributed by atoms with Crippen molar-refractivity contribution in [2.24, 2.45) is 11.5 Å². The first-order valence-electron chi connectivity index (χ1n) is 9.69. The molecule has 0 saturated heterocycles. The summed E-state index contributed by atoms with van der Waals surface area (Å²) in [5, 5.41) is 0.328. The molecule has 11 heteroatoms. The van der Waals surface area contributed by atoms with E-state index in [-0.39, 0.29) is 42.1 Å². The SMILES string of the molecule is CN(c1nc2oc(Cc3ccc(F)cc3)c(C(N)=O)c2cc1CCCC(N)=O)S(C)(=O)=O. The van der Waals surface area contributed by atoms with Crippen LogP contribution >= 0.6 is 0 Å². The number of anilines is 1. The number of primary amides is 2. The molecule has 3 rings (SSSR count). The molecule has 0 saturated carbocycles. The summed E-state index contributed by atoms with van der Waals surface area (Å²) in [6.07, 6.45) is 1.94. The largest absolute Gasteiger partial charge is 0.441 e. The molecule has 0 aliphatic carbocycles. The van der Waals surface area contributed by atoms with E-state index in [4.69, 9.17) is 15.9 Å².